The molecule has 0 unspecified atom stereocenters. The molecule has 0 radical (unpaired) electrons. The highest BCUT2D eigenvalue weighted by molar-refractivity contribution is 8.16. The molecule has 1 N–H and O–H groups in total. The van der Waals surface area contributed by atoms with E-state index in [-0.39, 0.29) is 6.42 Å². The molecule has 10 heteroatoms. The van der Waals surface area contributed by atoms with Crippen molar-refractivity contribution in [2.45, 2.75) is 11.3 Å². The number of anilines is 1. The number of methoxy groups -OCH3 is 2. The third kappa shape index (κ3) is 3.71. The molecule has 0 saturated carbocycles. The van der Waals surface area contributed by atoms with Crippen molar-refractivity contribution in [1.29, 1.82) is 0 Å². The normalized spacial score (nSPS) is 19.7. The van der Waals surface area contributed by atoms with Gasteiger partial charge in [-0.05, 0) is 36.0 Å². The van der Waals surface area contributed by atoms with E-state index in [9.17, 15) is 9.59 Å². The Morgan fingerprint density at radius 2 is 1.83 bits per heavy atom. The van der Waals surface area contributed by atoms with Crippen molar-refractivity contribution in [3.63, 3.8) is 0 Å². The molecule has 4 rings (SSSR count). The van der Waals surface area contributed by atoms with E-state index in [1.54, 1.807) is 5.01 Å². The predicted molar refractivity (Wildman–Crippen MR) is 118 cm³/mol. The summed E-state index contributed by atoms with van der Waals surface area (Å²) < 4.78 is 10.9. The van der Waals surface area contributed by atoms with Crippen LogP contribution in [0.3, 0.4) is 0 Å². The van der Waals surface area contributed by atoms with Crippen LogP contribution < -0.4 is 10.4 Å². The maximum absolute atomic E-state index is 13.0. The number of benzene rings is 2. The van der Waals surface area contributed by atoms with Gasteiger partial charge in [0, 0.05) is 0 Å². The van der Waals surface area contributed by atoms with Crippen LogP contribution in [-0.2, 0) is 19.1 Å². The van der Waals surface area contributed by atoms with Crippen molar-refractivity contribution in [3.05, 3.63) is 54.6 Å². The SMILES string of the molecule is COC(=O)C[C@@]1(C(=O)OC)SC(=Nc2ccccc2)NN1c1nc2ccccc2s1. The largest absolute Gasteiger partial charge is 0.469 e. The first-order valence-corrected chi connectivity index (χ1v) is 10.6. The number of thiazole rings is 1. The highest BCUT2D eigenvalue weighted by Gasteiger charge is 2.56. The molecular weight excluding hydrogens is 424 g/mol. The minimum absolute atomic E-state index is 0.252. The predicted octanol–water partition coefficient (Wildman–Crippen LogP) is 3.47. The number of aliphatic imine (C=N–C) groups is 1. The Labute approximate surface area is 180 Å². The summed E-state index contributed by atoms with van der Waals surface area (Å²) in [6.07, 6.45) is -0.252. The number of amidine groups is 1. The van der Waals surface area contributed by atoms with Gasteiger partial charge in [-0.2, -0.15) is 0 Å². The van der Waals surface area contributed by atoms with Crippen molar-refractivity contribution in [3.8, 4) is 0 Å². The van der Waals surface area contributed by atoms with Crippen LogP contribution in [0.15, 0.2) is 59.6 Å². The number of thioether (sulfide) groups is 1. The number of rotatable bonds is 5. The molecule has 1 aliphatic rings. The number of aromatic nitrogens is 1. The van der Waals surface area contributed by atoms with E-state index >= 15 is 0 Å². The molecule has 0 amide bonds. The van der Waals surface area contributed by atoms with E-state index in [0.717, 1.165) is 22.0 Å². The quantitative estimate of drug-likeness (QED) is 0.601. The second-order valence-electron chi connectivity index (χ2n) is 6.29. The molecule has 30 heavy (non-hydrogen) atoms. The van der Waals surface area contributed by atoms with E-state index in [0.29, 0.717) is 16.0 Å². The molecule has 1 atom stereocenters. The number of para-hydroxylation sites is 2. The molecule has 154 valence electrons. The van der Waals surface area contributed by atoms with Crippen LogP contribution in [0.25, 0.3) is 10.2 Å². The lowest BCUT2D eigenvalue weighted by molar-refractivity contribution is -0.150. The summed E-state index contributed by atoms with van der Waals surface area (Å²) in [5.74, 6) is -1.16. The first kappa shape index (κ1) is 20.2. The first-order valence-electron chi connectivity index (χ1n) is 8.96. The second kappa shape index (κ2) is 8.33. The Morgan fingerprint density at radius 1 is 1.10 bits per heavy atom. The first-order chi connectivity index (χ1) is 14.6. The van der Waals surface area contributed by atoms with Crippen LogP contribution in [0, 0.1) is 0 Å². The molecule has 1 fully saturated rings. The van der Waals surface area contributed by atoms with Gasteiger partial charge >= 0.3 is 11.9 Å². The third-order valence-corrected chi connectivity index (χ3v) is 6.64. The van der Waals surface area contributed by atoms with Crippen LogP contribution >= 0.6 is 23.1 Å². The maximum Gasteiger partial charge on any atom is 0.345 e. The van der Waals surface area contributed by atoms with Gasteiger partial charge in [0.25, 0.3) is 0 Å². The van der Waals surface area contributed by atoms with Crippen molar-refractivity contribution < 1.29 is 19.1 Å². The Balaban J connectivity index is 1.82. The number of carbonyl (C=O) groups is 2. The maximum atomic E-state index is 13.0. The second-order valence-corrected chi connectivity index (χ2v) is 8.57. The smallest absolute Gasteiger partial charge is 0.345 e. The zero-order valence-electron chi connectivity index (χ0n) is 16.2. The van der Waals surface area contributed by atoms with Gasteiger partial charge in [-0.25, -0.2) is 19.8 Å². The van der Waals surface area contributed by atoms with Crippen molar-refractivity contribution in [2.24, 2.45) is 4.99 Å². The summed E-state index contributed by atoms with van der Waals surface area (Å²) in [7, 11) is 2.56. The lowest BCUT2D eigenvalue weighted by Gasteiger charge is -2.31. The van der Waals surface area contributed by atoms with Crippen LogP contribution in [0.4, 0.5) is 10.8 Å². The highest BCUT2D eigenvalue weighted by Crippen LogP contribution is 2.44. The molecule has 8 nitrogen and oxygen atoms in total. The van der Waals surface area contributed by atoms with Crippen molar-refractivity contribution in [2.75, 3.05) is 19.2 Å². The summed E-state index contributed by atoms with van der Waals surface area (Å²) in [5, 5.41) is 2.50. The van der Waals surface area contributed by atoms with Gasteiger partial charge in [-0.15, -0.1) is 0 Å². The fourth-order valence-electron chi connectivity index (χ4n) is 2.99. The topological polar surface area (TPSA) is 93.1 Å². The van der Waals surface area contributed by atoms with E-state index in [4.69, 9.17) is 9.47 Å². The lowest BCUT2D eigenvalue weighted by Crippen LogP contribution is -2.54. The van der Waals surface area contributed by atoms with Gasteiger partial charge in [0.05, 0.1) is 36.5 Å². The molecule has 0 spiro atoms. The number of nitrogens with one attached hydrogen (secondary N) is 1. The number of hydrazine groups is 1. The Morgan fingerprint density at radius 3 is 2.53 bits per heavy atom. The molecule has 1 aromatic heterocycles. The average molecular weight is 443 g/mol. The number of fused-ring (bicyclic) bond motifs is 1. The number of ether oxygens (including phenoxy) is 2. The van der Waals surface area contributed by atoms with Crippen LogP contribution in [0.5, 0.6) is 0 Å². The third-order valence-electron chi connectivity index (χ3n) is 4.41. The Hall–Kier alpha value is -3.11. The molecular formula is C20H18N4O4S2. The van der Waals surface area contributed by atoms with Gasteiger partial charge < -0.3 is 9.47 Å². The van der Waals surface area contributed by atoms with E-state index in [2.05, 4.69) is 15.4 Å². The summed E-state index contributed by atoms with van der Waals surface area (Å²) >= 11 is 2.49. The minimum atomic E-state index is -1.46. The Kier molecular flexibility index (Phi) is 5.60. The van der Waals surface area contributed by atoms with Gasteiger partial charge in [-0.3, -0.25) is 10.2 Å². The summed E-state index contributed by atoms with van der Waals surface area (Å²) in [6.45, 7) is 0. The van der Waals surface area contributed by atoms with Gasteiger partial charge in [-0.1, -0.05) is 41.7 Å². The van der Waals surface area contributed by atoms with Crippen LogP contribution in [-0.4, -0.2) is 41.2 Å². The van der Waals surface area contributed by atoms with Crippen molar-refractivity contribution in [1.82, 2.24) is 10.4 Å². The van der Waals surface area contributed by atoms with Crippen LogP contribution in [0.2, 0.25) is 0 Å². The molecule has 1 aliphatic heterocycles. The van der Waals surface area contributed by atoms with E-state index < -0.39 is 16.8 Å². The minimum Gasteiger partial charge on any atom is -0.469 e. The zero-order chi connectivity index (χ0) is 21.1. The standard InChI is InChI=1S/C20H18N4O4S2/c1-27-16(25)12-20(17(26)28-2)24(19-22-14-10-6-7-11-15(14)29-19)23-18(30-20)21-13-8-4-3-5-9-13/h3-11H,12H2,1-2H3,(H,21,23)/t20-/m0/s1. The number of esters is 2. The molecule has 2 heterocycles. The Bertz CT molecular complexity index is 1090. The molecule has 3 aromatic rings. The molecule has 1 saturated heterocycles. The van der Waals surface area contributed by atoms with E-state index in [1.807, 2.05) is 54.6 Å². The summed E-state index contributed by atoms with van der Waals surface area (Å²) in [5.41, 5.74) is 4.63. The van der Waals surface area contributed by atoms with E-state index in [1.165, 1.54) is 25.6 Å². The number of hydrogen-bond donors (Lipinski definition) is 1. The monoisotopic (exact) mass is 442 g/mol. The zero-order valence-corrected chi connectivity index (χ0v) is 17.8. The van der Waals surface area contributed by atoms with Gasteiger partial charge in [0.1, 0.15) is 0 Å². The number of carbonyl (C=O) groups excluding carboxylic acids is 2. The number of hydrogen-bond acceptors (Lipinski definition) is 9. The van der Waals surface area contributed by atoms with Crippen molar-refractivity contribution >= 4 is 61.2 Å². The highest BCUT2D eigenvalue weighted by atomic mass is 32.2. The molecule has 2 aromatic carbocycles. The van der Waals surface area contributed by atoms with Gasteiger partial charge in [0.2, 0.25) is 10.0 Å². The van der Waals surface area contributed by atoms with Gasteiger partial charge in [0.15, 0.2) is 5.17 Å². The fraction of sp³-hybridized carbons (Fsp3) is 0.200. The average Bonchev–Trinajstić information content (AvgIpc) is 3.35. The summed E-state index contributed by atoms with van der Waals surface area (Å²) in [4.78, 5) is 33.0. The lowest BCUT2D eigenvalue weighted by atomic mass is 10.2. The van der Waals surface area contributed by atoms with Crippen LogP contribution in [0.1, 0.15) is 6.42 Å². The molecule has 0 bridgehead atoms. The summed E-state index contributed by atoms with van der Waals surface area (Å²) in [6, 6.07) is 17.0. The fourth-order valence-corrected chi connectivity index (χ4v) is 5.23. The molecule has 0 aliphatic carbocycles. The number of nitrogens with zero attached hydrogens (tertiary/aromatic N) is 3.